The summed E-state index contributed by atoms with van der Waals surface area (Å²) in [6.45, 7) is 0.901. The SMILES string of the molecule is O=C(O)Cn1nnnc1-c1coc(N2CCC(Oc3cc(F)ccc3Br)CC2)n1. The van der Waals surface area contributed by atoms with Crippen LogP contribution in [0.5, 0.6) is 5.75 Å². The van der Waals surface area contributed by atoms with E-state index in [2.05, 4.69) is 36.4 Å². The lowest BCUT2D eigenvalue weighted by Gasteiger charge is -2.31. The molecule has 0 spiro atoms. The highest BCUT2D eigenvalue weighted by Crippen LogP contribution is 2.30. The molecule has 10 nitrogen and oxygen atoms in total. The molecular formula is C17H16BrFN6O4. The van der Waals surface area contributed by atoms with E-state index < -0.39 is 5.97 Å². The van der Waals surface area contributed by atoms with Gasteiger partial charge in [0.15, 0.2) is 5.69 Å². The van der Waals surface area contributed by atoms with E-state index >= 15 is 0 Å². The fourth-order valence-electron chi connectivity index (χ4n) is 3.05. The van der Waals surface area contributed by atoms with Crippen LogP contribution in [0, 0.1) is 5.82 Å². The number of rotatable bonds is 6. The topological polar surface area (TPSA) is 119 Å². The molecule has 0 radical (unpaired) electrons. The van der Waals surface area contributed by atoms with Crippen LogP contribution in [0.3, 0.4) is 0 Å². The van der Waals surface area contributed by atoms with Crippen molar-refractivity contribution in [2.75, 3.05) is 18.0 Å². The average Bonchev–Trinajstić information content (AvgIpc) is 3.34. The van der Waals surface area contributed by atoms with Gasteiger partial charge in [0.1, 0.15) is 30.5 Å². The second-order valence-corrected chi connectivity index (χ2v) is 7.30. The molecule has 1 aliphatic heterocycles. The molecule has 0 bridgehead atoms. The monoisotopic (exact) mass is 466 g/mol. The highest BCUT2D eigenvalue weighted by molar-refractivity contribution is 9.10. The highest BCUT2D eigenvalue weighted by atomic mass is 79.9. The van der Waals surface area contributed by atoms with Crippen LogP contribution < -0.4 is 9.64 Å². The Balaban J connectivity index is 1.39. The first-order chi connectivity index (χ1) is 14.0. The molecule has 0 atom stereocenters. The molecule has 1 aliphatic rings. The normalized spacial score (nSPS) is 14.9. The van der Waals surface area contributed by atoms with Crippen molar-refractivity contribution >= 4 is 27.9 Å². The summed E-state index contributed by atoms with van der Waals surface area (Å²) >= 11 is 3.37. The number of carboxylic acid groups (broad SMARTS) is 1. The van der Waals surface area contributed by atoms with E-state index in [0.717, 1.165) is 4.68 Å². The van der Waals surface area contributed by atoms with Gasteiger partial charge in [-0.05, 0) is 38.5 Å². The minimum atomic E-state index is -1.06. The van der Waals surface area contributed by atoms with E-state index in [0.29, 0.717) is 47.9 Å². The molecule has 1 aromatic carbocycles. The second-order valence-electron chi connectivity index (χ2n) is 6.45. The van der Waals surface area contributed by atoms with Crippen molar-refractivity contribution in [3.63, 3.8) is 0 Å². The minimum absolute atomic E-state index is 0.0540. The standard InChI is InChI=1S/C17H16BrFN6O4/c18-12-2-1-10(19)7-14(12)29-11-3-5-24(6-4-11)17-20-13(9-28-17)16-21-22-23-25(16)8-15(26)27/h1-2,7,9,11H,3-6,8H2,(H,26,27). The van der Waals surface area contributed by atoms with Gasteiger partial charge in [-0.25, -0.2) is 9.07 Å². The fourth-order valence-corrected chi connectivity index (χ4v) is 3.39. The van der Waals surface area contributed by atoms with Gasteiger partial charge in [0.2, 0.25) is 5.82 Å². The number of aromatic nitrogens is 5. The second kappa shape index (κ2) is 8.15. The molecule has 1 fully saturated rings. The molecule has 0 amide bonds. The van der Waals surface area contributed by atoms with Gasteiger partial charge >= 0.3 is 5.97 Å². The first-order valence-electron chi connectivity index (χ1n) is 8.80. The number of nitrogens with zero attached hydrogens (tertiary/aromatic N) is 6. The number of aliphatic carboxylic acids is 1. The van der Waals surface area contributed by atoms with Crippen LogP contribution in [0.4, 0.5) is 10.4 Å². The Morgan fingerprint density at radius 1 is 1.38 bits per heavy atom. The third kappa shape index (κ3) is 4.36. The molecule has 2 aromatic heterocycles. The molecule has 152 valence electrons. The maximum Gasteiger partial charge on any atom is 0.325 e. The Morgan fingerprint density at radius 3 is 2.93 bits per heavy atom. The number of hydrogen-bond donors (Lipinski definition) is 1. The zero-order valence-electron chi connectivity index (χ0n) is 15.0. The highest BCUT2D eigenvalue weighted by Gasteiger charge is 2.25. The van der Waals surface area contributed by atoms with Gasteiger partial charge in [-0.15, -0.1) is 5.10 Å². The van der Waals surface area contributed by atoms with Crippen LogP contribution in [-0.2, 0) is 11.3 Å². The largest absolute Gasteiger partial charge is 0.489 e. The summed E-state index contributed by atoms with van der Waals surface area (Å²) in [4.78, 5) is 17.2. The fraction of sp³-hybridized carbons (Fsp3) is 0.353. The van der Waals surface area contributed by atoms with Crippen molar-refractivity contribution in [2.24, 2.45) is 0 Å². The van der Waals surface area contributed by atoms with Gasteiger partial charge in [0, 0.05) is 32.0 Å². The Bertz CT molecular complexity index is 1020. The molecule has 3 aromatic rings. The zero-order valence-corrected chi connectivity index (χ0v) is 16.6. The third-order valence-electron chi connectivity index (χ3n) is 4.44. The quantitative estimate of drug-likeness (QED) is 0.583. The van der Waals surface area contributed by atoms with E-state index in [1.807, 2.05) is 4.90 Å². The van der Waals surface area contributed by atoms with E-state index in [1.54, 1.807) is 6.07 Å². The van der Waals surface area contributed by atoms with Crippen LogP contribution in [0.15, 0.2) is 33.4 Å². The lowest BCUT2D eigenvalue weighted by Crippen LogP contribution is -2.38. The molecule has 0 aliphatic carbocycles. The van der Waals surface area contributed by atoms with Crippen molar-refractivity contribution in [1.29, 1.82) is 0 Å². The van der Waals surface area contributed by atoms with Gasteiger partial charge < -0.3 is 19.2 Å². The smallest absolute Gasteiger partial charge is 0.325 e. The number of tetrazole rings is 1. The lowest BCUT2D eigenvalue weighted by molar-refractivity contribution is -0.137. The molecule has 1 saturated heterocycles. The molecule has 4 rings (SSSR count). The van der Waals surface area contributed by atoms with Crippen LogP contribution in [-0.4, -0.2) is 55.5 Å². The summed E-state index contributed by atoms with van der Waals surface area (Å²) in [7, 11) is 0. The molecule has 0 unspecified atom stereocenters. The van der Waals surface area contributed by atoms with Crippen molar-refractivity contribution in [1.82, 2.24) is 25.2 Å². The number of hydrogen-bond acceptors (Lipinski definition) is 8. The minimum Gasteiger partial charge on any atom is -0.489 e. The van der Waals surface area contributed by atoms with Gasteiger partial charge in [-0.1, -0.05) is 0 Å². The molecule has 0 saturated carbocycles. The van der Waals surface area contributed by atoms with E-state index in [-0.39, 0.29) is 24.3 Å². The van der Waals surface area contributed by atoms with E-state index in [1.165, 1.54) is 18.4 Å². The maximum absolute atomic E-state index is 13.4. The number of piperidine rings is 1. The van der Waals surface area contributed by atoms with Crippen LogP contribution in [0.1, 0.15) is 12.8 Å². The van der Waals surface area contributed by atoms with Gasteiger partial charge in [0.05, 0.1) is 4.47 Å². The van der Waals surface area contributed by atoms with Gasteiger partial charge in [0.25, 0.3) is 6.01 Å². The van der Waals surface area contributed by atoms with Gasteiger partial charge in [-0.2, -0.15) is 4.98 Å². The molecule has 12 heteroatoms. The summed E-state index contributed by atoms with van der Waals surface area (Å²) < 4.78 is 26.7. The van der Waals surface area contributed by atoms with Crippen LogP contribution in [0.2, 0.25) is 0 Å². The van der Waals surface area contributed by atoms with Crippen molar-refractivity contribution in [2.45, 2.75) is 25.5 Å². The number of benzene rings is 1. The number of halogens is 2. The first-order valence-corrected chi connectivity index (χ1v) is 9.59. The predicted octanol–water partition coefficient (Wildman–Crippen LogP) is 2.36. The maximum atomic E-state index is 13.4. The van der Waals surface area contributed by atoms with E-state index in [9.17, 15) is 9.18 Å². The molecular weight excluding hydrogens is 451 g/mol. The Kier molecular flexibility index (Phi) is 5.43. The van der Waals surface area contributed by atoms with Crippen LogP contribution in [0.25, 0.3) is 11.5 Å². The number of ether oxygens (including phenoxy) is 1. The van der Waals surface area contributed by atoms with E-state index in [4.69, 9.17) is 14.3 Å². The first kappa shape index (κ1) is 19.3. The van der Waals surface area contributed by atoms with Crippen LogP contribution >= 0.6 is 15.9 Å². The molecule has 29 heavy (non-hydrogen) atoms. The summed E-state index contributed by atoms with van der Waals surface area (Å²) in [6.07, 6.45) is 2.75. The third-order valence-corrected chi connectivity index (χ3v) is 5.09. The summed E-state index contributed by atoms with van der Waals surface area (Å²) in [6, 6.07) is 4.74. The Hall–Kier alpha value is -3.02. The van der Waals surface area contributed by atoms with Crippen molar-refractivity contribution in [3.8, 4) is 17.3 Å². The van der Waals surface area contributed by atoms with Crippen molar-refractivity contribution in [3.05, 3.63) is 34.8 Å². The number of anilines is 1. The summed E-state index contributed by atoms with van der Waals surface area (Å²) in [5, 5.41) is 19.9. The average molecular weight is 467 g/mol. The Morgan fingerprint density at radius 2 is 2.17 bits per heavy atom. The Labute approximate surface area is 172 Å². The van der Waals surface area contributed by atoms with Gasteiger partial charge in [-0.3, -0.25) is 4.79 Å². The zero-order chi connectivity index (χ0) is 20.4. The number of oxazole rings is 1. The molecule has 1 N–H and O–H groups in total. The number of carbonyl (C=O) groups is 1. The predicted molar refractivity (Wildman–Crippen MR) is 101 cm³/mol. The number of carboxylic acids is 1. The lowest BCUT2D eigenvalue weighted by atomic mass is 10.1. The van der Waals surface area contributed by atoms with Crippen molar-refractivity contribution < 1.29 is 23.4 Å². The summed E-state index contributed by atoms with van der Waals surface area (Å²) in [5.74, 6) is -0.712. The summed E-state index contributed by atoms with van der Waals surface area (Å²) in [5.41, 5.74) is 0.355. The molecule has 3 heterocycles.